The number of carbonyl (C=O) groups is 2. The first-order valence-electron chi connectivity index (χ1n) is 6.34. The second-order valence-electron chi connectivity index (χ2n) is 4.95. The molecule has 1 aliphatic rings. The van der Waals surface area contributed by atoms with Gasteiger partial charge in [-0.1, -0.05) is 0 Å². The number of hydrogen-bond acceptors (Lipinski definition) is 5. The van der Waals surface area contributed by atoms with E-state index in [1.165, 1.54) is 22.7 Å². The molecule has 1 fully saturated rings. The van der Waals surface area contributed by atoms with Gasteiger partial charge in [-0.3, -0.25) is 4.79 Å². The second kappa shape index (κ2) is 6.12. The second-order valence-corrected chi connectivity index (χ2v) is 8.02. The molecular formula is C12H16N2O5S2. The normalized spacial score (nSPS) is 19.6. The van der Waals surface area contributed by atoms with Gasteiger partial charge in [-0.05, 0) is 24.5 Å². The van der Waals surface area contributed by atoms with Crippen molar-refractivity contribution in [2.45, 2.75) is 6.42 Å². The molecule has 2 rings (SSSR count). The predicted octanol–water partition coefficient (Wildman–Crippen LogP) is 0.458. The Labute approximate surface area is 126 Å². The highest BCUT2D eigenvalue weighted by Crippen LogP contribution is 2.19. The number of rotatable bonds is 5. The fourth-order valence-electron chi connectivity index (χ4n) is 2.16. The monoisotopic (exact) mass is 332 g/mol. The van der Waals surface area contributed by atoms with E-state index >= 15 is 0 Å². The van der Waals surface area contributed by atoms with E-state index in [2.05, 4.69) is 5.32 Å². The molecule has 0 unspecified atom stereocenters. The lowest BCUT2D eigenvalue weighted by molar-refractivity contribution is 0.0702. The zero-order chi connectivity index (χ0) is 15.6. The van der Waals surface area contributed by atoms with Crippen molar-refractivity contribution in [3.05, 3.63) is 21.9 Å². The molecule has 21 heavy (non-hydrogen) atoms. The molecule has 1 aliphatic heterocycles. The molecule has 0 aliphatic carbocycles. The van der Waals surface area contributed by atoms with Crippen LogP contribution in [-0.4, -0.2) is 55.6 Å². The minimum atomic E-state index is -3.17. The van der Waals surface area contributed by atoms with Crippen LogP contribution in [0.1, 0.15) is 25.8 Å². The minimum absolute atomic E-state index is 0.0857. The Morgan fingerprint density at radius 2 is 2.10 bits per heavy atom. The largest absolute Gasteiger partial charge is 0.477 e. The van der Waals surface area contributed by atoms with Crippen LogP contribution >= 0.6 is 11.3 Å². The number of nitrogens with one attached hydrogen (secondary N) is 1. The lowest BCUT2D eigenvalue weighted by atomic mass is 10.1. The maximum absolute atomic E-state index is 11.9. The first kappa shape index (κ1) is 15.9. The molecule has 1 aromatic rings. The quantitative estimate of drug-likeness (QED) is 0.815. The van der Waals surface area contributed by atoms with Crippen LogP contribution in [0, 0.1) is 5.92 Å². The van der Waals surface area contributed by atoms with Gasteiger partial charge >= 0.3 is 5.97 Å². The Balaban J connectivity index is 1.86. The summed E-state index contributed by atoms with van der Waals surface area (Å²) in [6, 6.07) is 2.86. The van der Waals surface area contributed by atoms with Crippen molar-refractivity contribution in [2.75, 3.05) is 25.9 Å². The van der Waals surface area contributed by atoms with Crippen molar-refractivity contribution >= 4 is 33.2 Å². The van der Waals surface area contributed by atoms with Gasteiger partial charge in [-0.15, -0.1) is 11.3 Å². The number of aromatic carboxylic acids is 1. The maximum Gasteiger partial charge on any atom is 0.345 e. The van der Waals surface area contributed by atoms with Gasteiger partial charge in [0, 0.05) is 19.6 Å². The summed E-state index contributed by atoms with van der Waals surface area (Å²) < 4.78 is 24.2. The lowest BCUT2D eigenvalue weighted by Gasteiger charge is -2.13. The van der Waals surface area contributed by atoms with Gasteiger partial charge in [0.2, 0.25) is 10.0 Å². The molecule has 2 heterocycles. The number of carbonyl (C=O) groups excluding carboxylic acids is 1. The third-order valence-corrected chi connectivity index (χ3v) is 5.65. The molecule has 116 valence electrons. The molecule has 0 radical (unpaired) electrons. The molecule has 1 atom stereocenters. The molecule has 0 saturated carbocycles. The summed E-state index contributed by atoms with van der Waals surface area (Å²) >= 11 is 0.918. The van der Waals surface area contributed by atoms with Crippen molar-refractivity contribution in [2.24, 2.45) is 5.92 Å². The number of thiophene rings is 1. The number of hydrogen-bond donors (Lipinski definition) is 2. The van der Waals surface area contributed by atoms with Crippen LogP contribution < -0.4 is 5.32 Å². The van der Waals surface area contributed by atoms with Crippen LogP contribution in [0.5, 0.6) is 0 Å². The van der Waals surface area contributed by atoms with Crippen LogP contribution in [0.25, 0.3) is 0 Å². The summed E-state index contributed by atoms with van der Waals surface area (Å²) in [6.07, 6.45) is 1.88. The van der Waals surface area contributed by atoms with Crippen LogP contribution in [0.2, 0.25) is 0 Å². The molecule has 0 bridgehead atoms. The van der Waals surface area contributed by atoms with Gasteiger partial charge in [0.05, 0.1) is 11.1 Å². The van der Waals surface area contributed by atoms with E-state index in [9.17, 15) is 18.0 Å². The fraction of sp³-hybridized carbons (Fsp3) is 0.500. The van der Waals surface area contributed by atoms with E-state index in [0.717, 1.165) is 11.3 Å². The highest BCUT2D eigenvalue weighted by molar-refractivity contribution is 7.88. The number of sulfonamides is 1. The molecule has 1 saturated heterocycles. The number of amides is 1. The van der Waals surface area contributed by atoms with Gasteiger partial charge < -0.3 is 10.4 Å². The first-order valence-corrected chi connectivity index (χ1v) is 9.00. The van der Waals surface area contributed by atoms with Crippen LogP contribution in [0.3, 0.4) is 0 Å². The smallest absolute Gasteiger partial charge is 0.345 e. The van der Waals surface area contributed by atoms with E-state index < -0.39 is 16.0 Å². The molecule has 7 nitrogen and oxygen atoms in total. The summed E-state index contributed by atoms with van der Waals surface area (Å²) in [7, 11) is -3.17. The number of carboxylic acids is 1. The van der Waals surface area contributed by atoms with Gasteiger partial charge in [0.1, 0.15) is 4.88 Å². The van der Waals surface area contributed by atoms with Crippen molar-refractivity contribution in [1.82, 2.24) is 9.62 Å². The van der Waals surface area contributed by atoms with E-state index in [0.29, 0.717) is 30.9 Å². The Morgan fingerprint density at radius 1 is 1.43 bits per heavy atom. The zero-order valence-electron chi connectivity index (χ0n) is 11.4. The highest BCUT2D eigenvalue weighted by atomic mass is 32.2. The Morgan fingerprint density at radius 3 is 2.62 bits per heavy atom. The van der Waals surface area contributed by atoms with Gasteiger partial charge in [-0.25, -0.2) is 17.5 Å². The molecule has 1 aromatic heterocycles. The van der Waals surface area contributed by atoms with E-state index in [-0.39, 0.29) is 16.7 Å². The van der Waals surface area contributed by atoms with Crippen molar-refractivity contribution in [3.8, 4) is 0 Å². The van der Waals surface area contributed by atoms with E-state index in [1.54, 1.807) is 0 Å². The lowest BCUT2D eigenvalue weighted by Crippen LogP contribution is -2.32. The SMILES string of the molecule is CS(=O)(=O)N1CC[C@H](CNC(=O)c2ccc(C(=O)O)s2)C1. The standard InChI is InChI=1S/C12H16N2O5S2/c1-21(18,19)14-5-4-8(7-14)6-13-11(15)9-2-3-10(20-9)12(16)17/h2-3,8H,4-7H2,1H3,(H,13,15)(H,16,17)/t8-/m1/s1. The van der Waals surface area contributed by atoms with Crippen LogP contribution in [0.4, 0.5) is 0 Å². The Hall–Kier alpha value is -1.45. The third kappa shape index (κ3) is 4.02. The zero-order valence-corrected chi connectivity index (χ0v) is 13.0. The first-order chi connectivity index (χ1) is 9.77. The minimum Gasteiger partial charge on any atom is -0.477 e. The molecular weight excluding hydrogens is 316 g/mol. The highest BCUT2D eigenvalue weighted by Gasteiger charge is 2.28. The van der Waals surface area contributed by atoms with Gasteiger partial charge in [0.25, 0.3) is 5.91 Å². The molecule has 9 heteroatoms. The average molecular weight is 332 g/mol. The maximum atomic E-state index is 11.9. The summed E-state index contributed by atoms with van der Waals surface area (Å²) in [4.78, 5) is 23.1. The molecule has 1 amide bonds. The molecule has 0 aromatic carbocycles. The predicted molar refractivity (Wildman–Crippen MR) is 78.1 cm³/mol. The number of nitrogens with zero attached hydrogens (tertiary/aromatic N) is 1. The summed E-state index contributed by atoms with van der Waals surface area (Å²) in [5.74, 6) is -1.30. The van der Waals surface area contributed by atoms with Crippen LogP contribution in [0.15, 0.2) is 12.1 Å². The van der Waals surface area contributed by atoms with E-state index in [1.807, 2.05) is 0 Å². The van der Waals surface area contributed by atoms with Crippen molar-refractivity contribution < 1.29 is 23.1 Å². The topological polar surface area (TPSA) is 104 Å². The summed E-state index contributed by atoms with van der Waals surface area (Å²) in [5, 5.41) is 11.5. The van der Waals surface area contributed by atoms with Crippen LogP contribution in [-0.2, 0) is 10.0 Å². The van der Waals surface area contributed by atoms with E-state index in [4.69, 9.17) is 5.11 Å². The average Bonchev–Trinajstić information content (AvgIpc) is 3.04. The Kier molecular flexibility index (Phi) is 4.64. The van der Waals surface area contributed by atoms with Gasteiger partial charge in [0.15, 0.2) is 0 Å². The van der Waals surface area contributed by atoms with Gasteiger partial charge in [-0.2, -0.15) is 0 Å². The fourth-order valence-corrected chi connectivity index (χ4v) is 3.84. The summed E-state index contributed by atoms with van der Waals surface area (Å²) in [5.41, 5.74) is 0. The Bertz CT molecular complexity index is 652. The summed E-state index contributed by atoms with van der Waals surface area (Å²) in [6.45, 7) is 1.26. The number of carboxylic acid groups (broad SMARTS) is 1. The molecule has 2 N–H and O–H groups in total. The van der Waals surface area contributed by atoms with Crippen molar-refractivity contribution in [1.29, 1.82) is 0 Å². The third-order valence-electron chi connectivity index (χ3n) is 3.31. The molecule has 0 spiro atoms. The van der Waals surface area contributed by atoms with Crippen molar-refractivity contribution in [3.63, 3.8) is 0 Å².